The monoisotopic (exact) mass is 248 g/mol. The second kappa shape index (κ2) is 5.67. The van der Waals surface area contributed by atoms with Gasteiger partial charge in [-0.25, -0.2) is 0 Å². The smallest absolute Gasteiger partial charge is 0.269 e. The minimum Gasteiger partial charge on any atom is -0.349 e. The van der Waals surface area contributed by atoms with Crippen molar-refractivity contribution in [3.8, 4) is 6.07 Å². The van der Waals surface area contributed by atoms with Gasteiger partial charge >= 0.3 is 0 Å². The summed E-state index contributed by atoms with van der Waals surface area (Å²) in [7, 11) is 0. The first-order valence-corrected chi connectivity index (χ1v) is 6.19. The Morgan fingerprint density at radius 2 is 2.22 bits per heavy atom. The van der Waals surface area contributed by atoms with E-state index in [0.717, 1.165) is 12.1 Å². The van der Waals surface area contributed by atoms with E-state index >= 15 is 0 Å². The fraction of sp³-hybridized carbons (Fsp3) is 0.615. The van der Waals surface area contributed by atoms with E-state index in [0.29, 0.717) is 18.8 Å². The standard InChI is InChI=1S/C13H20N4O/c1-5-10-7-11(17(6-2)16-10)12(18)15-9-13(3,4)8-14/h7H,5-6,9H2,1-4H3,(H,15,18). The number of carbonyl (C=O) groups excluding carboxylic acids is 1. The van der Waals surface area contributed by atoms with Gasteiger partial charge in [-0.2, -0.15) is 10.4 Å². The highest BCUT2D eigenvalue weighted by Gasteiger charge is 2.20. The minimum absolute atomic E-state index is 0.174. The van der Waals surface area contributed by atoms with Crippen molar-refractivity contribution in [2.24, 2.45) is 5.41 Å². The Hall–Kier alpha value is -1.83. The van der Waals surface area contributed by atoms with Crippen LogP contribution in [0.15, 0.2) is 6.07 Å². The summed E-state index contributed by atoms with van der Waals surface area (Å²) in [5, 5.41) is 16.0. The second-order valence-corrected chi connectivity index (χ2v) is 4.87. The number of amides is 1. The summed E-state index contributed by atoms with van der Waals surface area (Å²) in [5.74, 6) is -0.174. The van der Waals surface area contributed by atoms with E-state index in [2.05, 4.69) is 16.5 Å². The molecule has 0 bridgehead atoms. The van der Waals surface area contributed by atoms with E-state index in [9.17, 15) is 4.79 Å². The third kappa shape index (κ3) is 3.33. The maximum atomic E-state index is 12.0. The van der Waals surface area contributed by atoms with Gasteiger partial charge in [-0.3, -0.25) is 9.48 Å². The van der Waals surface area contributed by atoms with E-state index in [4.69, 9.17) is 5.26 Å². The molecule has 0 aliphatic carbocycles. The Morgan fingerprint density at radius 3 is 2.72 bits per heavy atom. The predicted molar refractivity (Wildman–Crippen MR) is 69.0 cm³/mol. The molecule has 1 aromatic heterocycles. The van der Waals surface area contributed by atoms with Gasteiger partial charge in [0.1, 0.15) is 5.69 Å². The molecule has 1 rings (SSSR count). The zero-order chi connectivity index (χ0) is 13.8. The van der Waals surface area contributed by atoms with Gasteiger partial charge in [-0.15, -0.1) is 0 Å². The van der Waals surface area contributed by atoms with E-state index in [1.54, 1.807) is 24.6 Å². The predicted octanol–water partition coefficient (Wildman–Crippen LogP) is 1.74. The molecule has 0 aliphatic heterocycles. The number of carbonyl (C=O) groups is 1. The van der Waals surface area contributed by atoms with Crippen LogP contribution < -0.4 is 5.32 Å². The van der Waals surface area contributed by atoms with Crippen molar-refractivity contribution >= 4 is 5.91 Å². The molecule has 0 spiro atoms. The molecular formula is C13H20N4O. The number of rotatable bonds is 5. The Labute approximate surface area is 108 Å². The summed E-state index contributed by atoms with van der Waals surface area (Å²) < 4.78 is 1.69. The average molecular weight is 248 g/mol. The number of aryl methyl sites for hydroxylation is 2. The van der Waals surface area contributed by atoms with Crippen LogP contribution in [-0.4, -0.2) is 22.2 Å². The normalized spacial score (nSPS) is 11.1. The summed E-state index contributed by atoms with van der Waals surface area (Å²) in [5.41, 5.74) is 0.907. The molecule has 0 saturated heterocycles. The van der Waals surface area contributed by atoms with Gasteiger partial charge in [0.15, 0.2) is 0 Å². The summed E-state index contributed by atoms with van der Waals surface area (Å²) >= 11 is 0. The fourth-order valence-electron chi connectivity index (χ4n) is 1.50. The van der Waals surface area contributed by atoms with Crippen LogP contribution in [0, 0.1) is 16.7 Å². The lowest BCUT2D eigenvalue weighted by Crippen LogP contribution is -2.34. The molecule has 0 aromatic carbocycles. The largest absolute Gasteiger partial charge is 0.349 e. The number of nitrogens with zero attached hydrogens (tertiary/aromatic N) is 3. The summed E-state index contributed by atoms with van der Waals surface area (Å²) in [6.07, 6.45) is 0.803. The van der Waals surface area contributed by atoms with Gasteiger partial charge in [0.2, 0.25) is 0 Å². The van der Waals surface area contributed by atoms with E-state index in [1.165, 1.54) is 0 Å². The van der Waals surface area contributed by atoms with Crippen LogP contribution in [0.5, 0.6) is 0 Å². The Balaban J connectivity index is 2.79. The second-order valence-electron chi connectivity index (χ2n) is 4.87. The molecule has 0 unspecified atom stereocenters. The molecule has 5 heteroatoms. The zero-order valence-electron chi connectivity index (χ0n) is 11.4. The minimum atomic E-state index is -0.555. The highest BCUT2D eigenvalue weighted by molar-refractivity contribution is 5.92. The van der Waals surface area contributed by atoms with Crippen LogP contribution in [-0.2, 0) is 13.0 Å². The SMILES string of the molecule is CCc1cc(C(=O)NCC(C)(C)C#N)n(CC)n1. The average Bonchev–Trinajstić information content (AvgIpc) is 2.79. The molecule has 1 N–H and O–H groups in total. The van der Waals surface area contributed by atoms with Gasteiger partial charge in [0.05, 0.1) is 17.2 Å². The summed E-state index contributed by atoms with van der Waals surface area (Å²) in [6.45, 7) is 8.53. The van der Waals surface area contributed by atoms with Crippen molar-refractivity contribution in [1.29, 1.82) is 5.26 Å². The van der Waals surface area contributed by atoms with Crippen LogP contribution in [0.1, 0.15) is 43.9 Å². The molecule has 0 atom stereocenters. The van der Waals surface area contributed by atoms with Gasteiger partial charge in [-0.05, 0) is 33.3 Å². The molecule has 18 heavy (non-hydrogen) atoms. The lowest BCUT2D eigenvalue weighted by atomic mass is 9.96. The van der Waals surface area contributed by atoms with Crippen molar-refractivity contribution in [3.05, 3.63) is 17.5 Å². The first-order chi connectivity index (χ1) is 8.43. The van der Waals surface area contributed by atoms with Crippen molar-refractivity contribution in [2.45, 2.75) is 40.7 Å². The highest BCUT2D eigenvalue weighted by Crippen LogP contribution is 2.12. The lowest BCUT2D eigenvalue weighted by molar-refractivity contribution is 0.0933. The number of aromatic nitrogens is 2. The highest BCUT2D eigenvalue weighted by atomic mass is 16.2. The van der Waals surface area contributed by atoms with Crippen LogP contribution in [0.4, 0.5) is 0 Å². The molecule has 98 valence electrons. The number of nitrogens with one attached hydrogen (secondary N) is 1. The van der Waals surface area contributed by atoms with Crippen molar-refractivity contribution in [1.82, 2.24) is 15.1 Å². The molecule has 0 fully saturated rings. The molecular weight excluding hydrogens is 228 g/mol. The van der Waals surface area contributed by atoms with Crippen LogP contribution >= 0.6 is 0 Å². The third-order valence-corrected chi connectivity index (χ3v) is 2.72. The summed E-state index contributed by atoms with van der Waals surface area (Å²) in [6, 6.07) is 3.96. The molecule has 1 heterocycles. The number of nitriles is 1. The fourth-order valence-corrected chi connectivity index (χ4v) is 1.50. The molecule has 1 aromatic rings. The lowest BCUT2D eigenvalue weighted by Gasteiger charge is -2.15. The number of hydrogen-bond acceptors (Lipinski definition) is 3. The van der Waals surface area contributed by atoms with E-state index in [1.807, 2.05) is 13.8 Å². The Morgan fingerprint density at radius 1 is 1.56 bits per heavy atom. The first kappa shape index (κ1) is 14.2. The first-order valence-electron chi connectivity index (χ1n) is 6.19. The summed E-state index contributed by atoms with van der Waals surface area (Å²) in [4.78, 5) is 12.0. The van der Waals surface area contributed by atoms with Gasteiger partial charge in [0, 0.05) is 13.1 Å². The molecule has 0 saturated carbocycles. The third-order valence-electron chi connectivity index (χ3n) is 2.72. The maximum Gasteiger partial charge on any atom is 0.269 e. The van der Waals surface area contributed by atoms with Crippen LogP contribution in [0.3, 0.4) is 0 Å². The van der Waals surface area contributed by atoms with Gasteiger partial charge in [-0.1, -0.05) is 6.92 Å². The molecule has 1 amide bonds. The zero-order valence-corrected chi connectivity index (χ0v) is 11.4. The Bertz CT molecular complexity index is 468. The topological polar surface area (TPSA) is 70.7 Å². The maximum absolute atomic E-state index is 12.0. The molecule has 0 aliphatic rings. The molecule has 0 radical (unpaired) electrons. The van der Waals surface area contributed by atoms with Crippen molar-refractivity contribution < 1.29 is 4.79 Å². The Kier molecular flexibility index (Phi) is 4.49. The van der Waals surface area contributed by atoms with Crippen molar-refractivity contribution in [2.75, 3.05) is 6.54 Å². The van der Waals surface area contributed by atoms with Crippen LogP contribution in [0.25, 0.3) is 0 Å². The quantitative estimate of drug-likeness (QED) is 0.862. The van der Waals surface area contributed by atoms with Gasteiger partial charge in [0.25, 0.3) is 5.91 Å². The van der Waals surface area contributed by atoms with Crippen LogP contribution in [0.2, 0.25) is 0 Å². The van der Waals surface area contributed by atoms with E-state index in [-0.39, 0.29) is 5.91 Å². The molecule has 5 nitrogen and oxygen atoms in total. The van der Waals surface area contributed by atoms with Gasteiger partial charge < -0.3 is 5.32 Å². The number of hydrogen-bond donors (Lipinski definition) is 1. The van der Waals surface area contributed by atoms with Crippen molar-refractivity contribution in [3.63, 3.8) is 0 Å². The van der Waals surface area contributed by atoms with E-state index < -0.39 is 5.41 Å².